The third-order valence-corrected chi connectivity index (χ3v) is 2.48. The molecule has 82 valence electrons. The molecule has 2 rings (SSSR count). The van der Waals surface area contributed by atoms with Crippen molar-refractivity contribution in [1.82, 2.24) is 0 Å². The standard InChI is InChI=1S/C13H12O3/c1-9-7-10(13(14)15-2)3-4-12(9)11-5-6-16-8-11/h3-8H,1-2H3. The molecule has 0 saturated heterocycles. The molecule has 0 aliphatic carbocycles. The van der Waals surface area contributed by atoms with Crippen LogP contribution in [0.15, 0.2) is 41.2 Å². The number of hydrogen-bond donors (Lipinski definition) is 0. The van der Waals surface area contributed by atoms with Gasteiger partial charge in [0.25, 0.3) is 0 Å². The molecule has 0 aliphatic rings. The number of benzene rings is 1. The Hall–Kier alpha value is -2.03. The fourth-order valence-electron chi connectivity index (χ4n) is 1.65. The maximum absolute atomic E-state index is 11.3. The number of hydrogen-bond acceptors (Lipinski definition) is 3. The summed E-state index contributed by atoms with van der Waals surface area (Å²) >= 11 is 0. The molecule has 0 bridgehead atoms. The van der Waals surface area contributed by atoms with Gasteiger partial charge in [0.1, 0.15) is 0 Å². The third kappa shape index (κ3) is 1.84. The maximum atomic E-state index is 11.3. The average Bonchev–Trinajstić information content (AvgIpc) is 2.81. The predicted octanol–water partition coefficient (Wildman–Crippen LogP) is 3.04. The van der Waals surface area contributed by atoms with Crippen LogP contribution in [0.25, 0.3) is 11.1 Å². The normalized spacial score (nSPS) is 10.1. The molecule has 0 saturated carbocycles. The van der Waals surface area contributed by atoms with E-state index in [4.69, 9.17) is 4.42 Å². The van der Waals surface area contributed by atoms with Crippen molar-refractivity contribution in [2.75, 3.05) is 7.11 Å². The van der Waals surface area contributed by atoms with Crippen LogP contribution < -0.4 is 0 Å². The van der Waals surface area contributed by atoms with Crippen molar-refractivity contribution in [3.63, 3.8) is 0 Å². The molecule has 0 aliphatic heterocycles. The van der Waals surface area contributed by atoms with Crippen LogP contribution in [-0.2, 0) is 4.74 Å². The van der Waals surface area contributed by atoms with Gasteiger partial charge in [0.05, 0.1) is 25.2 Å². The van der Waals surface area contributed by atoms with Crippen LogP contribution in [0.4, 0.5) is 0 Å². The molecule has 0 fully saturated rings. The van der Waals surface area contributed by atoms with E-state index in [1.54, 1.807) is 18.6 Å². The lowest BCUT2D eigenvalue weighted by molar-refractivity contribution is 0.0600. The fraction of sp³-hybridized carbons (Fsp3) is 0.154. The minimum Gasteiger partial charge on any atom is -0.472 e. The highest BCUT2D eigenvalue weighted by Crippen LogP contribution is 2.24. The number of methoxy groups -OCH3 is 1. The van der Waals surface area contributed by atoms with E-state index in [9.17, 15) is 4.79 Å². The van der Waals surface area contributed by atoms with Gasteiger partial charge in [0.2, 0.25) is 0 Å². The Morgan fingerprint density at radius 2 is 2.12 bits per heavy atom. The van der Waals surface area contributed by atoms with Crippen molar-refractivity contribution in [1.29, 1.82) is 0 Å². The number of aryl methyl sites for hydroxylation is 1. The zero-order valence-corrected chi connectivity index (χ0v) is 9.19. The van der Waals surface area contributed by atoms with Crippen LogP contribution in [0.5, 0.6) is 0 Å². The van der Waals surface area contributed by atoms with Crippen molar-refractivity contribution in [2.45, 2.75) is 6.92 Å². The molecule has 0 N–H and O–H groups in total. The highest BCUT2D eigenvalue weighted by Gasteiger charge is 2.08. The van der Waals surface area contributed by atoms with Crippen LogP contribution in [0.1, 0.15) is 15.9 Å². The van der Waals surface area contributed by atoms with E-state index in [2.05, 4.69) is 4.74 Å². The largest absolute Gasteiger partial charge is 0.472 e. The minimum atomic E-state index is -0.318. The summed E-state index contributed by atoms with van der Waals surface area (Å²) in [7, 11) is 1.38. The first-order valence-corrected chi connectivity index (χ1v) is 4.94. The zero-order valence-electron chi connectivity index (χ0n) is 9.19. The summed E-state index contributed by atoms with van der Waals surface area (Å²) in [6.45, 7) is 1.95. The Kier molecular flexibility index (Phi) is 2.77. The van der Waals surface area contributed by atoms with Crippen molar-refractivity contribution < 1.29 is 13.9 Å². The van der Waals surface area contributed by atoms with Crippen LogP contribution in [-0.4, -0.2) is 13.1 Å². The van der Waals surface area contributed by atoms with Crippen LogP contribution in [0, 0.1) is 6.92 Å². The van der Waals surface area contributed by atoms with Gasteiger partial charge in [0.15, 0.2) is 0 Å². The van der Waals surface area contributed by atoms with Crippen LogP contribution in [0.2, 0.25) is 0 Å². The summed E-state index contributed by atoms with van der Waals surface area (Å²) in [6.07, 6.45) is 3.31. The van der Waals surface area contributed by atoms with Crippen molar-refractivity contribution in [2.24, 2.45) is 0 Å². The van der Waals surface area contributed by atoms with Crippen molar-refractivity contribution >= 4 is 5.97 Å². The van der Waals surface area contributed by atoms with Crippen LogP contribution in [0.3, 0.4) is 0 Å². The summed E-state index contributed by atoms with van der Waals surface area (Å²) in [5.74, 6) is -0.318. The van der Waals surface area contributed by atoms with E-state index in [1.165, 1.54) is 7.11 Å². The lowest BCUT2D eigenvalue weighted by Crippen LogP contribution is -2.01. The maximum Gasteiger partial charge on any atom is 0.337 e. The monoisotopic (exact) mass is 216 g/mol. The average molecular weight is 216 g/mol. The molecular formula is C13H12O3. The fourth-order valence-corrected chi connectivity index (χ4v) is 1.65. The number of esters is 1. The van der Waals surface area contributed by atoms with Gasteiger partial charge in [-0.25, -0.2) is 4.79 Å². The molecule has 16 heavy (non-hydrogen) atoms. The van der Waals surface area contributed by atoms with E-state index in [0.717, 1.165) is 16.7 Å². The Bertz CT molecular complexity index is 498. The smallest absolute Gasteiger partial charge is 0.337 e. The second-order valence-corrected chi connectivity index (χ2v) is 3.53. The molecule has 3 heteroatoms. The minimum absolute atomic E-state index is 0.318. The molecule has 1 heterocycles. The SMILES string of the molecule is COC(=O)c1ccc(-c2ccoc2)c(C)c1. The number of furan rings is 1. The van der Waals surface area contributed by atoms with E-state index in [1.807, 2.05) is 25.1 Å². The van der Waals surface area contributed by atoms with Gasteiger partial charge in [-0.1, -0.05) is 6.07 Å². The summed E-state index contributed by atoms with van der Waals surface area (Å²) in [5, 5.41) is 0. The summed E-state index contributed by atoms with van der Waals surface area (Å²) < 4.78 is 9.70. The quantitative estimate of drug-likeness (QED) is 0.724. The van der Waals surface area contributed by atoms with E-state index >= 15 is 0 Å². The molecule has 0 unspecified atom stereocenters. The van der Waals surface area contributed by atoms with Gasteiger partial charge in [-0.15, -0.1) is 0 Å². The Morgan fingerprint density at radius 3 is 2.69 bits per heavy atom. The lowest BCUT2D eigenvalue weighted by atomic mass is 10.0. The molecule has 0 amide bonds. The van der Waals surface area contributed by atoms with Gasteiger partial charge in [0, 0.05) is 5.56 Å². The number of carbonyl (C=O) groups is 1. The second kappa shape index (κ2) is 4.23. The van der Waals surface area contributed by atoms with Gasteiger partial charge in [-0.2, -0.15) is 0 Å². The number of carbonyl (C=O) groups excluding carboxylic acids is 1. The predicted molar refractivity (Wildman–Crippen MR) is 60.2 cm³/mol. The van der Waals surface area contributed by atoms with Gasteiger partial charge in [-0.3, -0.25) is 0 Å². The molecule has 1 aromatic carbocycles. The van der Waals surface area contributed by atoms with Crippen molar-refractivity contribution in [3.8, 4) is 11.1 Å². The Balaban J connectivity index is 2.41. The molecule has 0 spiro atoms. The summed E-state index contributed by atoms with van der Waals surface area (Å²) in [6, 6.07) is 7.35. The van der Waals surface area contributed by atoms with E-state index in [0.29, 0.717) is 5.56 Å². The van der Waals surface area contributed by atoms with E-state index in [-0.39, 0.29) is 5.97 Å². The van der Waals surface area contributed by atoms with Gasteiger partial charge >= 0.3 is 5.97 Å². The Morgan fingerprint density at radius 1 is 1.31 bits per heavy atom. The highest BCUT2D eigenvalue weighted by atomic mass is 16.5. The zero-order chi connectivity index (χ0) is 11.5. The molecule has 3 nitrogen and oxygen atoms in total. The first kappa shape index (κ1) is 10.5. The molecule has 0 atom stereocenters. The molecule has 2 aromatic rings. The van der Waals surface area contributed by atoms with E-state index < -0.39 is 0 Å². The number of ether oxygens (including phenoxy) is 1. The molecule has 0 radical (unpaired) electrons. The third-order valence-electron chi connectivity index (χ3n) is 2.48. The lowest BCUT2D eigenvalue weighted by Gasteiger charge is -2.05. The number of rotatable bonds is 2. The Labute approximate surface area is 93.7 Å². The van der Waals surface area contributed by atoms with Gasteiger partial charge in [-0.05, 0) is 36.2 Å². The van der Waals surface area contributed by atoms with Crippen molar-refractivity contribution in [3.05, 3.63) is 47.9 Å². The summed E-state index contributed by atoms with van der Waals surface area (Å²) in [4.78, 5) is 11.3. The van der Waals surface area contributed by atoms with Crippen LogP contribution >= 0.6 is 0 Å². The highest BCUT2D eigenvalue weighted by molar-refractivity contribution is 5.90. The van der Waals surface area contributed by atoms with Gasteiger partial charge < -0.3 is 9.15 Å². The molecule has 1 aromatic heterocycles. The second-order valence-electron chi connectivity index (χ2n) is 3.53. The molecular weight excluding hydrogens is 204 g/mol. The first-order chi connectivity index (χ1) is 7.72. The summed E-state index contributed by atoms with van der Waals surface area (Å²) in [5.41, 5.74) is 3.65. The topological polar surface area (TPSA) is 39.4 Å². The first-order valence-electron chi connectivity index (χ1n) is 4.94.